The Morgan fingerprint density at radius 1 is 1.13 bits per heavy atom. The number of pyridine rings is 1. The van der Waals surface area contributed by atoms with Crippen molar-refractivity contribution >= 4 is 15.6 Å². The fraction of sp³-hybridized carbons (Fsp3) is 0.235. The number of hydrogen-bond acceptors (Lipinski definition) is 7. The van der Waals surface area contributed by atoms with Gasteiger partial charge in [-0.15, -0.1) is 5.10 Å². The summed E-state index contributed by atoms with van der Waals surface area (Å²) in [7, 11) is -1.98. The monoisotopic (exact) mass is 437 g/mol. The molecule has 30 heavy (non-hydrogen) atoms. The van der Waals surface area contributed by atoms with Crippen molar-refractivity contribution in [1.29, 1.82) is 0 Å². The molecule has 13 heteroatoms. The average molecular weight is 437 g/mol. The molecular formula is C17H14F3N7O2S. The molecule has 0 saturated heterocycles. The predicted octanol–water partition coefficient (Wildman–Crippen LogP) is 2.40. The summed E-state index contributed by atoms with van der Waals surface area (Å²) in [5.74, 6) is -1.79. The van der Waals surface area contributed by atoms with Gasteiger partial charge >= 0.3 is 6.18 Å². The number of aromatic nitrogens is 7. The van der Waals surface area contributed by atoms with Crippen LogP contribution in [-0.4, -0.2) is 48.5 Å². The fourth-order valence-corrected chi connectivity index (χ4v) is 3.90. The van der Waals surface area contributed by atoms with E-state index in [4.69, 9.17) is 0 Å². The van der Waals surface area contributed by atoms with Crippen molar-refractivity contribution in [1.82, 2.24) is 34.3 Å². The van der Waals surface area contributed by atoms with Crippen molar-refractivity contribution in [3.05, 3.63) is 42.6 Å². The standard InChI is InChI=1S/C17H14F3N7O2S/c1-3-30(28,29)13-5-4-11(12-6-7-22-26(12)2)23-14(13)10-8-21-16-24-15(17(18,19)20)25-27(16)9-10/h4-9H,3H2,1-2H3. The molecule has 4 aromatic heterocycles. The molecule has 4 heterocycles. The SMILES string of the molecule is CCS(=O)(=O)c1ccc(-c2ccnn2C)nc1-c1cnc2nc(C(F)(F)F)nn2c1. The number of halogens is 3. The van der Waals surface area contributed by atoms with Gasteiger partial charge < -0.3 is 0 Å². The summed E-state index contributed by atoms with van der Waals surface area (Å²) in [6.07, 6.45) is -0.736. The third kappa shape index (κ3) is 3.40. The van der Waals surface area contributed by atoms with Crippen LogP contribution in [0.2, 0.25) is 0 Å². The molecule has 4 aromatic rings. The van der Waals surface area contributed by atoms with E-state index >= 15 is 0 Å². The smallest absolute Gasteiger partial charge is 0.266 e. The van der Waals surface area contributed by atoms with E-state index in [1.165, 1.54) is 25.4 Å². The summed E-state index contributed by atoms with van der Waals surface area (Å²) >= 11 is 0. The first-order chi connectivity index (χ1) is 14.1. The van der Waals surface area contributed by atoms with Crippen LogP contribution in [0.3, 0.4) is 0 Å². The van der Waals surface area contributed by atoms with Crippen LogP contribution in [0.4, 0.5) is 13.2 Å². The van der Waals surface area contributed by atoms with Crippen molar-refractivity contribution in [2.24, 2.45) is 7.05 Å². The summed E-state index contributed by atoms with van der Waals surface area (Å²) in [4.78, 5) is 11.6. The minimum absolute atomic E-state index is 0.0500. The van der Waals surface area contributed by atoms with Gasteiger partial charge in [-0.05, 0) is 18.2 Å². The Kier molecular flexibility index (Phi) is 4.56. The van der Waals surface area contributed by atoms with E-state index in [1.54, 1.807) is 30.1 Å². The molecule has 9 nitrogen and oxygen atoms in total. The van der Waals surface area contributed by atoms with Crippen molar-refractivity contribution in [3.63, 3.8) is 0 Å². The van der Waals surface area contributed by atoms with Gasteiger partial charge in [0.15, 0.2) is 9.84 Å². The highest BCUT2D eigenvalue weighted by Gasteiger charge is 2.36. The molecule has 0 N–H and O–H groups in total. The van der Waals surface area contributed by atoms with E-state index < -0.39 is 21.8 Å². The zero-order valence-corrected chi connectivity index (χ0v) is 16.5. The van der Waals surface area contributed by atoms with Crippen molar-refractivity contribution in [2.45, 2.75) is 18.0 Å². The largest absolute Gasteiger partial charge is 0.453 e. The summed E-state index contributed by atoms with van der Waals surface area (Å²) in [5.41, 5.74) is 1.30. The van der Waals surface area contributed by atoms with Crippen molar-refractivity contribution in [3.8, 4) is 22.6 Å². The summed E-state index contributed by atoms with van der Waals surface area (Å²) in [6.45, 7) is 1.49. The Morgan fingerprint density at radius 3 is 2.53 bits per heavy atom. The second-order valence-electron chi connectivity index (χ2n) is 6.31. The van der Waals surface area contributed by atoms with E-state index in [9.17, 15) is 21.6 Å². The molecule has 0 aliphatic carbocycles. The van der Waals surface area contributed by atoms with Crippen molar-refractivity contribution in [2.75, 3.05) is 5.75 Å². The van der Waals surface area contributed by atoms with Crippen LogP contribution in [0, 0.1) is 0 Å². The molecule has 0 spiro atoms. The zero-order valence-electron chi connectivity index (χ0n) is 15.7. The second-order valence-corrected chi connectivity index (χ2v) is 8.55. The van der Waals surface area contributed by atoms with E-state index in [0.29, 0.717) is 11.4 Å². The van der Waals surface area contributed by atoms with Gasteiger partial charge in [0.05, 0.1) is 27.7 Å². The Balaban J connectivity index is 1.94. The predicted molar refractivity (Wildman–Crippen MR) is 98.9 cm³/mol. The van der Waals surface area contributed by atoms with Crippen LogP contribution in [0.15, 0.2) is 41.7 Å². The topological polar surface area (TPSA) is 108 Å². The van der Waals surface area contributed by atoms with Crippen molar-refractivity contribution < 1.29 is 21.6 Å². The van der Waals surface area contributed by atoms with Crippen LogP contribution < -0.4 is 0 Å². The lowest BCUT2D eigenvalue weighted by Gasteiger charge is -2.11. The van der Waals surface area contributed by atoms with Gasteiger partial charge in [0, 0.05) is 31.2 Å². The molecular weight excluding hydrogens is 423 g/mol. The molecule has 0 saturated carbocycles. The maximum absolute atomic E-state index is 12.9. The number of nitrogens with zero attached hydrogens (tertiary/aromatic N) is 7. The normalized spacial score (nSPS) is 12.6. The Hall–Kier alpha value is -3.35. The maximum Gasteiger partial charge on any atom is 0.453 e. The average Bonchev–Trinajstić information content (AvgIpc) is 3.32. The number of alkyl halides is 3. The van der Waals surface area contributed by atoms with Crippen LogP contribution in [-0.2, 0) is 23.1 Å². The fourth-order valence-electron chi connectivity index (χ4n) is 2.85. The molecule has 0 unspecified atom stereocenters. The molecule has 4 rings (SSSR count). The van der Waals surface area contributed by atoms with Gasteiger partial charge in [0.1, 0.15) is 0 Å². The van der Waals surface area contributed by atoms with Crippen LogP contribution in [0.25, 0.3) is 28.4 Å². The van der Waals surface area contributed by atoms with Gasteiger partial charge in [-0.3, -0.25) is 4.68 Å². The van der Waals surface area contributed by atoms with Crippen LogP contribution in [0.1, 0.15) is 12.7 Å². The molecule has 0 atom stereocenters. The van der Waals surface area contributed by atoms with Gasteiger partial charge in [-0.25, -0.2) is 22.9 Å². The number of rotatable bonds is 4. The lowest BCUT2D eigenvalue weighted by atomic mass is 10.2. The lowest BCUT2D eigenvalue weighted by Crippen LogP contribution is -2.09. The summed E-state index contributed by atoms with van der Waals surface area (Å²) in [6, 6.07) is 4.66. The molecule has 0 aliphatic rings. The number of hydrogen-bond donors (Lipinski definition) is 0. The molecule has 0 radical (unpaired) electrons. The zero-order chi connectivity index (χ0) is 21.7. The Bertz CT molecular complexity index is 1360. The minimum Gasteiger partial charge on any atom is -0.266 e. The summed E-state index contributed by atoms with van der Waals surface area (Å²) in [5, 5.41) is 7.46. The second kappa shape index (κ2) is 6.86. The van der Waals surface area contributed by atoms with Gasteiger partial charge in [-0.1, -0.05) is 6.92 Å². The number of aryl methyl sites for hydroxylation is 1. The highest BCUT2D eigenvalue weighted by molar-refractivity contribution is 7.91. The lowest BCUT2D eigenvalue weighted by molar-refractivity contribution is -0.144. The highest BCUT2D eigenvalue weighted by Crippen LogP contribution is 2.30. The Labute approximate surface area is 168 Å². The molecule has 0 aliphatic heterocycles. The molecule has 0 bridgehead atoms. The third-order valence-corrected chi connectivity index (χ3v) is 6.14. The minimum atomic E-state index is -4.73. The van der Waals surface area contributed by atoms with Gasteiger partial charge in [0.2, 0.25) is 0 Å². The van der Waals surface area contributed by atoms with Gasteiger partial charge in [-0.2, -0.15) is 23.3 Å². The maximum atomic E-state index is 12.9. The quantitative estimate of drug-likeness (QED) is 0.482. The Morgan fingerprint density at radius 2 is 1.90 bits per heavy atom. The first-order valence-corrected chi connectivity index (χ1v) is 10.3. The van der Waals surface area contributed by atoms with Crippen LogP contribution >= 0.6 is 0 Å². The number of sulfone groups is 1. The van der Waals surface area contributed by atoms with E-state index in [-0.39, 0.29) is 27.7 Å². The van der Waals surface area contributed by atoms with E-state index in [0.717, 1.165) is 4.52 Å². The highest BCUT2D eigenvalue weighted by atomic mass is 32.2. The first kappa shape index (κ1) is 19.9. The number of fused-ring (bicyclic) bond motifs is 1. The molecule has 0 fully saturated rings. The molecule has 0 aromatic carbocycles. The molecule has 156 valence electrons. The van der Waals surface area contributed by atoms with E-state index in [2.05, 4.69) is 25.1 Å². The third-order valence-electron chi connectivity index (χ3n) is 4.38. The first-order valence-electron chi connectivity index (χ1n) is 8.62. The molecule has 0 amide bonds. The summed E-state index contributed by atoms with van der Waals surface area (Å²) < 4.78 is 66.3. The van der Waals surface area contributed by atoms with E-state index in [1.807, 2.05) is 0 Å². The van der Waals surface area contributed by atoms with Crippen LogP contribution in [0.5, 0.6) is 0 Å². The van der Waals surface area contributed by atoms with Gasteiger partial charge in [0.25, 0.3) is 11.6 Å².